The van der Waals surface area contributed by atoms with Gasteiger partial charge in [0, 0.05) is 19.4 Å². The summed E-state index contributed by atoms with van der Waals surface area (Å²) in [6.45, 7) is 5.62. The molecule has 118 valence electrons. The van der Waals surface area contributed by atoms with Crippen LogP contribution in [0.1, 0.15) is 32.3 Å². The molecule has 6 heteroatoms. The number of nitrogens with zero attached hydrogens (tertiary/aromatic N) is 1. The zero-order valence-corrected chi connectivity index (χ0v) is 13.3. The van der Waals surface area contributed by atoms with Crippen LogP contribution >= 0.6 is 0 Å². The molecule has 0 atom stereocenters. The van der Waals surface area contributed by atoms with Crippen LogP contribution in [0, 0.1) is 10.2 Å². The second kappa shape index (κ2) is 6.73. The first-order valence-electron chi connectivity index (χ1n) is 7.08. The zero-order valence-electron chi connectivity index (χ0n) is 12.5. The van der Waals surface area contributed by atoms with Crippen molar-refractivity contribution in [1.82, 2.24) is 0 Å². The topological polar surface area (TPSA) is 95.2 Å². The van der Waals surface area contributed by atoms with Gasteiger partial charge in [0.2, 0.25) is 5.69 Å². The van der Waals surface area contributed by atoms with Gasteiger partial charge in [-0.1, -0.05) is 37.6 Å². The normalized spacial score (nSPS) is 13.4. The zero-order chi connectivity index (χ0) is 16.3. The predicted molar refractivity (Wildman–Crippen MR) is 73.4 cm³/mol. The molecule has 3 rings (SSSR count). The van der Waals surface area contributed by atoms with Gasteiger partial charge in [-0.25, -0.2) is 18.6 Å². The van der Waals surface area contributed by atoms with Gasteiger partial charge in [-0.15, -0.1) is 10.2 Å². The van der Waals surface area contributed by atoms with Crippen molar-refractivity contribution in [3.8, 4) is 0 Å². The molecule has 2 aromatic carbocycles. The smallest absolute Gasteiger partial charge is 0.214 e. The SMILES string of the molecule is CCCC[N+]1=C(C)c2cccc3cccc1c23.[O-][Cl+3]([O-])([O-])[O-]. The van der Waals surface area contributed by atoms with Gasteiger partial charge in [0.05, 0.1) is 10.9 Å². The fourth-order valence-electron chi connectivity index (χ4n) is 2.78. The van der Waals surface area contributed by atoms with Crippen LogP contribution in [-0.4, -0.2) is 16.8 Å². The molecule has 0 aromatic heterocycles. The molecule has 0 radical (unpaired) electrons. The van der Waals surface area contributed by atoms with Crippen molar-refractivity contribution in [2.75, 3.05) is 6.54 Å². The van der Waals surface area contributed by atoms with E-state index in [2.05, 4.69) is 54.8 Å². The first-order valence-corrected chi connectivity index (χ1v) is 8.31. The summed E-state index contributed by atoms with van der Waals surface area (Å²) in [5.74, 6) is 0. The second-order valence-electron chi connectivity index (χ2n) is 5.15. The van der Waals surface area contributed by atoms with Crippen molar-refractivity contribution in [1.29, 1.82) is 0 Å². The van der Waals surface area contributed by atoms with Gasteiger partial charge in [-0.2, -0.15) is 4.58 Å². The third-order valence-corrected chi connectivity index (χ3v) is 3.70. The summed E-state index contributed by atoms with van der Waals surface area (Å²) in [7, 11) is -4.94. The Kier molecular flexibility index (Phi) is 5.16. The quantitative estimate of drug-likeness (QED) is 0.701. The molecule has 0 spiro atoms. The maximum Gasteiger partial charge on any atom is 0.214 e. The lowest BCUT2D eigenvalue weighted by molar-refractivity contribution is -2.00. The number of hydrogen-bond acceptors (Lipinski definition) is 4. The molecule has 0 N–H and O–H groups in total. The Morgan fingerprint density at radius 3 is 2.18 bits per heavy atom. The van der Waals surface area contributed by atoms with E-state index in [0.717, 1.165) is 6.54 Å². The fourth-order valence-corrected chi connectivity index (χ4v) is 2.78. The monoisotopic (exact) mass is 323 g/mol. The Hall–Kier alpha value is -1.50. The predicted octanol–water partition coefficient (Wildman–Crippen LogP) is -0.649. The van der Waals surface area contributed by atoms with Gasteiger partial charge < -0.3 is 0 Å². The molecule has 0 fully saturated rings. The van der Waals surface area contributed by atoms with Crippen LogP contribution in [0.5, 0.6) is 0 Å². The van der Waals surface area contributed by atoms with Crippen LogP contribution in [0.2, 0.25) is 0 Å². The maximum absolute atomic E-state index is 8.49. The number of halogens is 1. The van der Waals surface area contributed by atoms with Crippen molar-refractivity contribution in [2.24, 2.45) is 0 Å². The highest BCUT2D eigenvalue weighted by atomic mass is 35.7. The molecule has 0 amide bonds. The Bertz CT molecular complexity index is 696. The fraction of sp³-hybridized carbons (Fsp3) is 0.312. The average molecular weight is 324 g/mol. The minimum atomic E-state index is -4.94. The number of rotatable bonds is 3. The third-order valence-electron chi connectivity index (χ3n) is 3.70. The summed E-state index contributed by atoms with van der Waals surface area (Å²) in [6, 6.07) is 13.2. The summed E-state index contributed by atoms with van der Waals surface area (Å²) in [5.41, 5.74) is 4.21. The highest BCUT2D eigenvalue weighted by Crippen LogP contribution is 2.34. The second-order valence-corrected chi connectivity index (χ2v) is 5.91. The minimum Gasteiger partial charge on any atom is -0.222 e. The van der Waals surface area contributed by atoms with Gasteiger partial charge in [0.1, 0.15) is 6.54 Å². The van der Waals surface area contributed by atoms with E-state index in [1.807, 2.05) is 0 Å². The van der Waals surface area contributed by atoms with E-state index in [1.54, 1.807) is 0 Å². The Morgan fingerprint density at radius 1 is 1.00 bits per heavy atom. The summed E-state index contributed by atoms with van der Waals surface area (Å²) in [6.07, 6.45) is 2.50. The van der Waals surface area contributed by atoms with Crippen molar-refractivity contribution >= 4 is 22.2 Å². The van der Waals surface area contributed by atoms with Gasteiger partial charge >= 0.3 is 0 Å². The average Bonchev–Trinajstić information content (AvgIpc) is 2.71. The van der Waals surface area contributed by atoms with Gasteiger partial charge in [0.25, 0.3) is 0 Å². The molecule has 0 unspecified atom stereocenters. The number of hydrogen-bond donors (Lipinski definition) is 0. The molecule has 1 aliphatic heterocycles. The third kappa shape index (κ3) is 3.82. The van der Waals surface area contributed by atoms with Crippen LogP contribution in [0.25, 0.3) is 10.8 Å². The number of benzene rings is 2. The Labute approximate surface area is 131 Å². The lowest BCUT2D eigenvalue weighted by Gasteiger charge is -2.17. The molecule has 1 heterocycles. The standard InChI is InChI=1S/C16H18N.ClHO4/c1-3-4-11-17-12(2)14-9-5-7-13-8-6-10-15(17)16(13)14;2-1(3,4)5/h5-10H,3-4,11H2,1-2H3;(H,2,3,4,5)/q+1;/p-1. The molecular weight excluding hydrogens is 306 g/mol. The molecule has 22 heavy (non-hydrogen) atoms. The Balaban J connectivity index is 0.000000309. The summed E-state index contributed by atoms with van der Waals surface area (Å²) >= 11 is 0. The van der Waals surface area contributed by atoms with E-state index in [-0.39, 0.29) is 0 Å². The first-order chi connectivity index (χ1) is 10.3. The maximum atomic E-state index is 8.49. The van der Waals surface area contributed by atoms with Gasteiger partial charge in [-0.05, 0) is 11.5 Å². The summed E-state index contributed by atoms with van der Waals surface area (Å²) in [5, 5.41) is 2.79. The lowest BCUT2D eigenvalue weighted by atomic mass is 10.0. The van der Waals surface area contributed by atoms with Crippen LogP contribution in [-0.2, 0) is 0 Å². The van der Waals surface area contributed by atoms with Crippen molar-refractivity contribution in [2.45, 2.75) is 26.7 Å². The highest BCUT2D eigenvalue weighted by Gasteiger charge is 2.27. The van der Waals surface area contributed by atoms with Crippen LogP contribution in [0.3, 0.4) is 0 Å². The largest absolute Gasteiger partial charge is 0.222 e. The Morgan fingerprint density at radius 2 is 1.59 bits per heavy atom. The van der Waals surface area contributed by atoms with Crippen LogP contribution in [0.15, 0.2) is 36.4 Å². The van der Waals surface area contributed by atoms with Crippen molar-refractivity contribution in [3.05, 3.63) is 42.0 Å². The summed E-state index contributed by atoms with van der Waals surface area (Å²) < 4.78 is 36.4. The molecule has 0 aliphatic carbocycles. The van der Waals surface area contributed by atoms with E-state index in [1.165, 1.54) is 40.6 Å². The van der Waals surface area contributed by atoms with Crippen molar-refractivity contribution in [3.63, 3.8) is 0 Å². The minimum absolute atomic E-state index is 1.14. The molecule has 0 saturated heterocycles. The van der Waals surface area contributed by atoms with E-state index in [4.69, 9.17) is 18.6 Å². The van der Waals surface area contributed by atoms with Gasteiger partial charge in [-0.3, -0.25) is 0 Å². The van der Waals surface area contributed by atoms with Gasteiger partial charge in [0.15, 0.2) is 5.71 Å². The summed E-state index contributed by atoms with van der Waals surface area (Å²) in [4.78, 5) is 0. The molecule has 0 saturated carbocycles. The van der Waals surface area contributed by atoms with E-state index in [9.17, 15) is 0 Å². The lowest BCUT2D eigenvalue weighted by Crippen LogP contribution is -2.68. The van der Waals surface area contributed by atoms with E-state index >= 15 is 0 Å². The molecule has 0 bridgehead atoms. The van der Waals surface area contributed by atoms with E-state index in [0.29, 0.717) is 0 Å². The van der Waals surface area contributed by atoms with E-state index < -0.39 is 10.2 Å². The molecule has 1 aliphatic rings. The highest BCUT2D eigenvalue weighted by molar-refractivity contribution is 6.14. The molecule has 2 aromatic rings. The number of unbranched alkanes of at least 4 members (excludes halogenated alkanes) is 1. The van der Waals surface area contributed by atoms with Crippen molar-refractivity contribution < 1.29 is 33.5 Å². The molecule has 5 nitrogen and oxygen atoms in total. The molecular formula is C16H18ClNO4. The van der Waals surface area contributed by atoms with Crippen LogP contribution < -0.4 is 18.6 Å². The van der Waals surface area contributed by atoms with Crippen LogP contribution in [0.4, 0.5) is 5.69 Å². The first kappa shape index (κ1) is 16.9.